The summed E-state index contributed by atoms with van der Waals surface area (Å²) in [6.45, 7) is 9.46. The summed E-state index contributed by atoms with van der Waals surface area (Å²) in [6.07, 6.45) is 4.12. The molecule has 0 aliphatic heterocycles. The van der Waals surface area contributed by atoms with Crippen molar-refractivity contribution in [1.29, 1.82) is 0 Å². The van der Waals surface area contributed by atoms with Crippen LogP contribution in [0.15, 0.2) is 9.59 Å². The molecule has 2 aromatic rings. The maximum Gasteiger partial charge on any atom is 0.332 e. The van der Waals surface area contributed by atoms with Gasteiger partial charge in [-0.05, 0) is 37.2 Å². The van der Waals surface area contributed by atoms with E-state index in [0.29, 0.717) is 26.2 Å². The molecule has 1 aliphatic rings. The van der Waals surface area contributed by atoms with Crippen molar-refractivity contribution in [2.75, 3.05) is 13.1 Å². The second-order valence-electron chi connectivity index (χ2n) is 7.79. The number of unbranched alkanes of at least 4 members (excludes halogenated alkanes) is 1. The molecule has 7 heteroatoms. The minimum Gasteiger partial charge on any atom is -0.329 e. The summed E-state index contributed by atoms with van der Waals surface area (Å²) in [5.74, 6) is 0. The lowest BCUT2D eigenvalue weighted by molar-refractivity contribution is 0.429. The number of rotatable bonds is 9. The molecule has 0 bridgehead atoms. The van der Waals surface area contributed by atoms with Crippen LogP contribution < -0.4 is 22.3 Å². The van der Waals surface area contributed by atoms with E-state index < -0.39 is 0 Å². The fourth-order valence-corrected chi connectivity index (χ4v) is 4.60. The van der Waals surface area contributed by atoms with Crippen LogP contribution in [0.2, 0.25) is 0 Å². The maximum absolute atomic E-state index is 13.2. The van der Waals surface area contributed by atoms with Crippen molar-refractivity contribution in [2.45, 2.75) is 66.1 Å². The number of thiophene rings is 1. The average molecular weight is 379 g/mol. The zero-order valence-electron chi connectivity index (χ0n) is 16.1. The Balaban J connectivity index is 2.14. The van der Waals surface area contributed by atoms with E-state index in [1.165, 1.54) is 4.57 Å². The third-order valence-corrected chi connectivity index (χ3v) is 6.69. The summed E-state index contributed by atoms with van der Waals surface area (Å²) in [6, 6.07) is 0. The molecule has 0 saturated heterocycles. The number of aromatic nitrogens is 2. The highest BCUT2D eigenvalue weighted by Gasteiger charge is 2.38. The van der Waals surface area contributed by atoms with E-state index >= 15 is 0 Å². The van der Waals surface area contributed by atoms with Gasteiger partial charge in [-0.2, -0.15) is 0 Å². The van der Waals surface area contributed by atoms with Gasteiger partial charge in [0, 0.05) is 37.6 Å². The molecule has 2 aromatic heterocycles. The highest BCUT2D eigenvalue weighted by atomic mass is 32.1. The van der Waals surface area contributed by atoms with Crippen molar-refractivity contribution in [3.63, 3.8) is 0 Å². The van der Waals surface area contributed by atoms with Crippen LogP contribution in [0.1, 0.15) is 50.0 Å². The topological polar surface area (TPSA) is 82.0 Å². The van der Waals surface area contributed by atoms with Gasteiger partial charge in [-0.1, -0.05) is 20.3 Å². The number of hydrogen-bond acceptors (Lipinski definition) is 5. The van der Waals surface area contributed by atoms with Crippen molar-refractivity contribution in [3.8, 4) is 0 Å². The van der Waals surface area contributed by atoms with Crippen LogP contribution in [0.5, 0.6) is 0 Å². The number of nitrogens with one attached hydrogen (secondary N) is 1. The Morgan fingerprint density at radius 3 is 2.62 bits per heavy atom. The van der Waals surface area contributed by atoms with Gasteiger partial charge in [0.1, 0.15) is 4.83 Å². The highest BCUT2D eigenvalue weighted by Crippen LogP contribution is 2.46. The first-order valence-corrected chi connectivity index (χ1v) is 10.4. The Morgan fingerprint density at radius 2 is 2.00 bits per heavy atom. The first-order chi connectivity index (χ1) is 12.4. The fraction of sp³-hybridized carbons (Fsp3) is 0.684. The molecule has 0 aromatic carbocycles. The molecule has 0 atom stereocenters. The summed E-state index contributed by atoms with van der Waals surface area (Å²) in [5.41, 5.74) is 6.39. The lowest BCUT2D eigenvalue weighted by Gasteiger charge is -2.14. The van der Waals surface area contributed by atoms with Crippen molar-refractivity contribution in [1.82, 2.24) is 14.5 Å². The van der Waals surface area contributed by atoms with Crippen LogP contribution in [-0.4, -0.2) is 22.2 Å². The molecule has 0 spiro atoms. The second-order valence-corrected chi connectivity index (χ2v) is 8.87. The molecule has 3 N–H and O–H groups in total. The van der Waals surface area contributed by atoms with Crippen LogP contribution in [0.4, 0.5) is 0 Å². The van der Waals surface area contributed by atoms with Gasteiger partial charge in [0.15, 0.2) is 0 Å². The number of nitrogens with zero attached hydrogens (tertiary/aromatic N) is 2. The Kier molecular flexibility index (Phi) is 5.69. The standard InChI is InChI=1S/C19H30N4O2S/c1-4-5-10-22-17-15(13(2)14(26-17)11-21-9-8-20)16(24)23(18(22)25)12-19(3)6-7-19/h21H,4-12,20H2,1-3H3. The van der Waals surface area contributed by atoms with Gasteiger partial charge in [0.25, 0.3) is 5.56 Å². The number of fused-ring (bicyclic) bond motifs is 1. The molecule has 3 rings (SSSR count). The third kappa shape index (κ3) is 3.66. The van der Waals surface area contributed by atoms with E-state index in [1.807, 2.05) is 11.5 Å². The van der Waals surface area contributed by atoms with Crippen LogP contribution in [0.3, 0.4) is 0 Å². The SMILES string of the molecule is CCCCn1c(=O)n(CC2(C)CC2)c(=O)c2c(C)c(CNCCN)sc21. The molecule has 0 unspecified atom stereocenters. The molecule has 0 radical (unpaired) electrons. The zero-order chi connectivity index (χ0) is 18.9. The number of nitrogens with two attached hydrogens (primary N) is 1. The Labute approximate surface area is 158 Å². The predicted molar refractivity (Wildman–Crippen MR) is 108 cm³/mol. The fourth-order valence-electron chi connectivity index (χ4n) is 3.32. The molecule has 1 aliphatic carbocycles. The molecule has 0 amide bonds. The van der Waals surface area contributed by atoms with Crippen LogP contribution in [-0.2, 0) is 19.6 Å². The van der Waals surface area contributed by atoms with E-state index in [-0.39, 0.29) is 16.7 Å². The van der Waals surface area contributed by atoms with E-state index in [2.05, 4.69) is 19.2 Å². The van der Waals surface area contributed by atoms with Crippen LogP contribution in [0.25, 0.3) is 10.2 Å². The summed E-state index contributed by atoms with van der Waals surface area (Å²) < 4.78 is 3.32. The Hall–Kier alpha value is -1.44. The number of aryl methyl sites for hydroxylation is 2. The van der Waals surface area contributed by atoms with E-state index in [0.717, 1.165) is 52.9 Å². The van der Waals surface area contributed by atoms with Gasteiger partial charge < -0.3 is 11.1 Å². The molecule has 2 heterocycles. The first kappa shape index (κ1) is 19.3. The quantitative estimate of drug-likeness (QED) is 0.655. The predicted octanol–water partition coefficient (Wildman–Crippen LogP) is 2.18. The normalized spacial score (nSPS) is 15.7. The number of hydrogen-bond donors (Lipinski definition) is 2. The lowest BCUT2D eigenvalue weighted by Crippen LogP contribution is -2.41. The van der Waals surface area contributed by atoms with Gasteiger partial charge >= 0.3 is 5.69 Å². The molecule has 1 saturated carbocycles. The average Bonchev–Trinajstić information content (AvgIpc) is 3.25. The van der Waals surface area contributed by atoms with Gasteiger partial charge in [0.2, 0.25) is 0 Å². The van der Waals surface area contributed by atoms with Gasteiger partial charge in [-0.3, -0.25) is 13.9 Å². The molecule has 144 valence electrons. The van der Waals surface area contributed by atoms with Gasteiger partial charge in [-0.25, -0.2) is 4.79 Å². The maximum atomic E-state index is 13.2. The molecule has 6 nitrogen and oxygen atoms in total. The molecule has 26 heavy (non-hydrogen) atoms. The summed E-state index contributed by atoms with van der Waals surface area (Å²) in [5, 5.41) is 4.02. The van der Waals surface area contributed by atoms with E-state index in [9.17, 15) is 9.59 Å². The molecule has 1 fully saturated rings. The van der Waals surface area contributed by atoms with Crippen molar-refractivity contribution < 1.29 is 0 Å². The summed E-state index contributed by atoms with van der Waals surface area (Å²) >= 11 is 1.57. The van der Waals surface area contributed by atoms with Gasteiger partial charge in [-0.15, -0.1) is 11.3 Å². The van der Waals surface area contributed by atoms with Gasteiger partial charge in [0.05, 0.1) is 5.39 Å². The Morgan fingerprint density at radius 1 is 1.27 bits per heavy atom. The second kappa shape index (κ2) is 7.66. The van der Waals surface area contributed by atoms with E-state index in [4.69, 9.17) is 5.73 Å². The Bertz CT molecular complexity index is 905. The van der Waals surface area contributed by atoms with E-state index in [1.54, 1.807) is 11.3 Å². The zero-order valence-corrected chi connectivity index (χ0v) is 16.9. The minimum absolute atomic E-state index is 0.106. The van der Waals surface area contributed by atoms with Crippen LogP contribution in [0, 0.1) is 12.3 Å². The monoisotopic (exact) mass is 378 g/mol. The first-order valence-electron chi connectivity index (χ1n) is 9.58. The van der Waals surface area contributed by atoms with Crippen LogP contribution >= 0.6 is 11.3 Å². The highest BCUT2D eigenvalue weighted by molar-refractivity contribution is 7.18. The van der Waals surface area contributed by atoms with Crippen molar-refractivity contribution in [3.05, 3.63) is 31.3 Å². The van der Waals surface area contributed by atoms with Crippen molar-refractivity contribution >= 4 is 21.6 Å². The third-order valence-electron chi connectivity index (χ3n) is 5.38. The summed E-state index contributed by atoms with van der Waals surface area (Å²) in [7, 11) is 0. The minimum atomic E-state index is -0.146. The smallest absolute Gasteiger partial charge is 0.329 e. The molecular weight excluding hydrogens is 348 g/mol. The largest absolute Gasteiger partial charge is 0.332 e. The summed E-state index contributed by atoms with van der Waals surface area (Å²) in [4.78, 5) is 28.2. The molecular formula is C19H30N4O2S. The lowest BCUT2D eigenvalue weighted by atomic mass is 10.1. The van der Waals surface area contributed by atoms with Crippen molar-refractivity contribution in [2.24, 2.45) is 11.1 Å².